The van der Waals surface area contributed by atoms with E-state index in [1.54, 1.807) is 0 Å². The van der Waals surface area contributed by atoms with E-state index in [0.717, 1.165) is 0 Å². The van der Waals surface area contributed by atoms with Gasteiger partial charge in [0.15, 0.2) is 0 Å². The summed E-state index contributed by atoms with van der Waals surface area (Å²) in [6, 6.07) is 0. The molecule has 0 heterocycles. The van der Waals surface area contributed by atoms with Crippen molar-refractivity contribution in [2.75, 3.05) is 39.5 Å². The van der Waals surface area contributed by atoms with Crippen LogP contribution in [0.25, 0.3) is 0 Å². The van der Waals surface area contributed by atoms with Gasteiger partial charge in [0.1, 0.15) is 19.8 Å². The molecular weight excluding hydrogens is 318 g/mol. The Hall–Kier alpha value is -1.71. The minimum atomic E-state index is -0.496. The lowest BCUT2D eigenvalue weighted by Gasteiger charge is -2.15. The fourth-order valence-corrected chi connectivity index (χ4v) is 1.93. The number of esters is 3. The lowest BCUT2D eigenvalue weighted by atomic mass is 9.96. The van der Waals surface area contributed by atoms with E-state index in [1.165, 1.54) is 0 Å². The molecule has 1 unspecified atom stereocenters. The van der Waals surface area contributed by atoms with Crippen molar-refractivity contribution in [2.24, 2.45) is 23.1 Å². The van der Waals surface area contributed by atoms with E-state index in [1.807, 2.05) is 0 Å². The van der Waals surface area contributed by atoms with Crippen LogP contribution >= 0.6 is 0 Å². The average molecular weight is 347 g/mol. The largest absolute Gasteiger partial charge is 0.464 e. The Morgan fingerprint density at radius 1 is 0.708 bits per heavy atom. The monoisotopic (exact) mass is 347 g/mol. The third kappa shape index (κ3) is 11.8. The van der Waals surface area contributed by atoms with E-state index < -0.39 is 17.9 Å². The fraction of sp³-hybridized carbons (Fsp3) is 0.800. The first-order valence-electron chi connectivity index (χ1n) is 8.13. The number of carbonyl (C=O) groups excluding carboxylic acids is 3. The fourth-order valence-electron chi connectivity index (χ4n) is 1.93. The van der Waals surface area contributed by atoms with Crippen LogP contribution in [0.3, 0.4) is 0 Å². The number of nitrogens with two attached hydrogens (primary N) is 3. The lowest BCUT2D eigenvalue weighted by Crippen LogP contribution is -2.23. The minimum Gasteiger partial charge on any atom is -0.464 e. The molecule has 0 bridgehead atoms. The highest BCUT2D eigenvalue weighted by Gasteiger charge is 2.21. The van der Waals surface area contributed by atoms with Crippen molar-refractivity contribution < 1.29 is 28.6 Å². The van der Waals surface area contributed by atoms with Crippen LogP contribution in [0.5, 0.6) is 0 Å². The quantitative estimate of drug-likeness (QED) is 0.266. The molecule has 6 N–H and O–H groups in total. The number of hydrogen-bond donors (Lipinski definition) is 3. The molecule has 1 atom stereocenters. The molecule has 0 aromatic carbocycles. The van der Waals surface area contributed by atoms with Gasteiger partial charge in [0, 0.05) is 32.5 Å². The lowest BCUT2D eigenvalue weighted by molar-refractivity contribution is -0.151. The summed E-state index contributed by atoms with van der Waals surface area (Å²) >= 11 is 0. The molecule has 0 aliphatic carbocycles. The first kappa shape index (κ1) is 22.3. The summed E-state index contributed by atoms with van der Waals surface area (Å²) in [5, 5.41) is 0. The SMILES string of the molecule is NCCOC(=O)CCCC(CCC(=O)OCCN)C(=O)OCCN. The molecule has 0 aliphatic heterocycles. The minimum absolute atomic E-state index is 0.0833. The highest BCUT2D eigenvalue weighted by Crippen LogP contribution is 2.17. The Kier molecular flexibility index (Phi) is 13.8. The Morgan fingerprint density at radius 3 is 1.75 bits per heavy atom. The molecule has 9 heteroatoms. The molecule has 0 spiro atoms. The highest BCUT2D eigenvalue weighted by molar-refractivity contribution is 5.74. The van der Waals surface area contributed by atoms with Crippen LogP contribution in [0.1, 0.15) is 32.1 Å². The maximum absolute atomic E-state index is 12.0. The third-order valence-electron chi connectivity index (χ3n) is 3.09. The van der Waals surface area contributed by atoms with Crippen molar-refractivity contribution in [1.82, 2.24) is 0 Å². The average Bonchev–Trinajstić information content (AvgIpc) is 2.58. The van der Waals surface area contributed by atoms with Gasteiger partial charge in [-0.2, -0.15) is 0 Å². The van der Waals surface area contributed by atoms with Gasteiger partial charge in [-0.15, -0.1) is 0 Å². The number of hydrogen-bond acceptors (Lipinski definition) is 9. The first-order chi connectivity index (χ1) is 11.5. The molecule has 0 aromatic heterocycles. The second-order valence-electron chi connectivity index (χ2n) is 5.10. The summed E-state index contributed by atoms with van der Waals surface area (Å²) in [6.45, 7) is 1.18. The third-order valence-corrected chi connectivity index (χ3v) is 3.09. The first-order valence-corrected chi connectivity index (χ1v) is 8.13. The van der Waals surface area contributed by atoms with Gasteiger partial charge in [0.05, 0.1) is 5.92 Å². The molecule has 0 saturated carbocycles. The van der Waals surface area contributed by atoms with E-state index in [2.05, 4.69) is 0 Å². The van der Waals surface area contributed by atoms with Gasteiger partial charge in [-0.3, -0.25) is 14.4 Å². The predicted molar refractivity (Wildman–Crippen MR) is 86.6 cm³/mol. The van der Waals surface area contributed by atoms with Crippen LogP contribution in [-0.4, -0.2) is 57.4 Å². The summed E-state index contributed by atoms with van der Waals surface area (Å²) in [5.74, 6) is -1.71. The standard InChI is InChI=1S/C15H29N3O6/c16-6-9-22-13(19)3-1-2-12(15(21)24-11-8-18)4-5-14(20)23-10-7-17/h12H,1-11,16-18H2. The molecule has 0 saturated heterocycles. The normalized spacial score (nSPS) is 11.6. The summed E-state index contributed by atoms with van der Waals surface area (Å²) < 4.78 is 14.7. The van der Waals surface area contributed by atoms with Crippen molar-refractivity contribution in [3.05, 3.63) is 0 Å². The molecule has 140 valence electrons. The zero-order valence-electron chi connectivity index (χ0n) is 14.0. The zero-order valence-corrected chi connectivity index (χ0v) is 14.0. The van der Waals surface area contributed by atoms with Crippen molar-refractivity contribution in [3.8, 4) is 0 Å². The van der Waals surface area contributed by atoms with Crippen LogP contribution in [0.2, 0.25) is 0 Å². The van der Waals surface area contributed by atoms with Crippen molar-refractivity contribution >= 4 is 17.9 Å². The van der Waals surface area contributed by atoms with Crippen molar-refractivity contribution in [2.45, 2.75) is 32.1 Å². The van der Waals surface area contributed by atoms with Gasteiger partial charge >= 0.3 is 17.9 Å². The summed E-state index contributed by atoms with van der Waals surface area (Å²) in [6.07, 6.45) is 1.40. The van der Waals surface area contributed by atoms with Gasteiger partial charge in [-0.1, -0.05) is 0 Å². The molecule has 0 fully saturated rings. The van der Waals surface area contributed by atoms with E-state index in [0.29, 0.717) is 12.8 Å². The molecular formula is C15H29N3O6. The maximum Gasteiger partial charge on any atom is 0.308 e. The topological polar surface area (TPSA) is 157 Å². The number of carbonyl (C=O) groups is 3. The second-order valence-corrected chi connectivity index (χ2v) is 5.10. The van der Waals surface area contributed by atoms with Crippen LogP contribution < -0.4 is 17.2 Å². The van der Waals surface area contributed by atoms with Crippen LogP contribution in [0, 0.1) is 5.92 Å². The van der Waals surface area contributed by atoms with E-state index in [-0.39, 0.29) is 64.7 Å². The summed E-state index contributed by atoms with van der Waals surface area (Å²) in [5.41, 5.74) is 15.8. The molecule has 0 amide bonds. The molecule has 0 aromatic rings. The zero-order chi connectivity index (χ0) is 18.2. The molecule has 0 aliphatic rings. The second kappa shape index (κ2) is 14.9. The Labute approximate surface area is 142 Å². The smallest absolute Gasteiger partial charge is 0.308 e. The number of ether oxygens (including phenoxy) is 3. The van der Waals surface area contributed by atoms with E-state index in [9.17, 15) is 14.4 Å². The van der Waals surface area contributed by atoms with Gasteiger partial charge in [-0.25, -0.2) is 0 Å². The molecule has 24 heavy (non-hydrogen) atoms. The van der Waals surface area contributed by atoms with Crippen molar-refractivity contribution in [3.63, 3.8) is 0 Å². The van der Waals surface area contributed by atoms with Crippen LogP contribution in [0.4, 0.5) is 0 Å². The Balaban J connectivity index is 4.29. The summed E-state index contributed by atoms with van der Waals surface area (Å²) in [7, 11) is 0. The van der Waals surface area contributed by atoms with Gasteiger partial charge in [-0.05, 0) is 19.3 Å². The summed E-state index contributed by atoms with van der Waals surface area (Å²) in [4.78, 5) is 34.9. The van der Waals surface area contributed by atoms with Gasteiger partial charge < -0.3 is 31.4 Å². The Bertz CT molecular complexity index is 378. The van der Waals surface area contributed by atoms with Crippen LogP contribution in [-0.2, 0) is 28.6 Å². The molecule has 9 nitrogen and oxygen atoms in total. The van der Waals surface area contributed by atoms with E-state index >= 15 is 0 Å². The van der Waals surface area contributed by atoms with Crippen LogP contribution in [0.15, 0.2) is 0 Å². The maximum atomic E-state index is 12.0. The molecule has 0 rings (SSSR count). The van der Waals surface area contributed by atoms with Gasteiger partial charge in [0.25, 0.3) is 0 Å². The predicted octanol–water partition coefficient (Wildman–Crippen LogP) is -0.941. The number of rotatable bonds is 14. The molecule has 0 radical (unpaired) electrons. The van der Waals surface area contributed by atoms with Crippen molar-refractivity contribution in [1.29, 1.82) is 0 Å². The Morgan fingerprint density at radius 2 is 1.21 bits per heavy atom. The van der Waals surface area contributed by atoms with E-state index in [4.69, 9.17) is 31.4 Å². The van der Waals surface area contributed by atoms with Gasteiger partial charge in [0.2, 0.25) is 0 Å². The highest BCUT2D eigenvalue weighted by atomic mass is 16.5.